The molecule has 0 spiro atoms. The van der Waals surface area contributed by atoms with E-state index in [9.17, 15) is 4.79 Å². The van der Waals surface area contributed by atoms with Gasteiger partial charge in [-0.15, -0.1) is 0 Å². The van der Waals surface area contributed by atoms with Crippen molar-refractivity contribution in [3.63, 3.8) is 0 Å². The molecule has 0 saturated carbocycles. The van der Waals surface area contributed by atoms with E-state index in [0.717, 1.165) is 87.6 Å². The van der Waals surface area contributed by atoms with Gasteiger partial charge in [-0.25, -0.2) is 9.57 Å². The summed E-state index contributed by atoms with van der Waals surface area (Å²) >= 11 is 0. The van der Waals surface area contributed by atoms with Crippen molar-refractivity contribution < 1.29 is 28.1 Å². The second-order valence-electron chi connectivity index (χ2n) is 12.8. The highest BCUT2D eigenvalue weighted by atomic mass is 16.5. The van der Waals surface area contributed by atoms with E-state index in [-0.39, 0.29) is 18.4 Å². The van der Waals surface area contributed by atoms with Crippen molar-refractivity contribution in [2.75, 3.05) is 46.7 Å². The molecule has 1 aliphatic heterocycles. The van der Waals surface area contributed by atoms with E-state index in [2.05, 4.69) is 64.8 Å². The van der Waals surface area contributed by atoms with Gasteiger partial charge in [-0.3, -0.25) is 4.79 Å². The maximum Gasteiger partial charge on any atom is 0.227 e. The molecule has 2 N–H and O–H groups in total. The number of amides is 1. The number of ether oxygens (including phenoxy) is 3. The highest BCUT2D eigenvalue weighted by Gasteiger charge is 2.31. The second kappa shape index (κ2) is 14.9. The summed E-state index contributed by atoms with van der Waals surface area (Å²) in [5.41, 5.74) is 7.25. The summed E-state index contributed by atoms with van der Waals surface area (Å²) in [5, 5.41) is 13.2. The molecule has 260 valence electrons. The Morgan fingerprint density at radius 3 is 2.27 bits per heavy atom. The fourth-order valence-corrected chi connectivity index (χ4v) is 6.52. The van der Waals surface area contributed by atoms with Crippen LogP contribution in [0.1, 0.15) is 25.0 Å². The highest BCUT2D eigenvalue weighted by Crippen LogP contribution is 2.44. The fourth-order valence-electron chi connectivity index (χ4n) is 6.52. The number of aliphatic imine (C=N–C) groups is 1. The molecule has 10 heteroatoms. The van der Waals surface area contributed by atoms with Crippen LogP contribution in [-0.4, -0.2) is 74.6 Å². The van der Waals surface area contributed by atoms with Crippen LogP contribution >= 0.6 is 0 Å². The number of hydrogen-bond acceptors (Lipinski definition) is 8. The van der Waals surface area contributed by atoms with Crippen LogP contribution in [-0.2, 0) is 11.2 Å². The summed E-state index contributed by atoms with van der Waals surface area (Å²) in [7, 11) is 7.36. The number of nitrogens with one attached hydrogen (secondary N) is 2. The zero-order valence-corrected chi connectivity index (χ0v) is 29.4. The van der Waals surface area contributed by atoms with Gasteiger partial charge in [0.25, 0.3) is 0 Å². The van der Waals surface area contributed by atoms with E-state index in [0.29, 0.717) is 18.0 Å². The van der Waals surface area contributed by atoms with Gasteiger partial charge in [0, 0.05) is 47.3 Å². The first-order valence-electron chi connectivity index (χ1n) is 17.2. The Morgan fingerprint density at radius 2 is 1.57 bits per heavy atom. The van der Waals surface area contributed by atoms with Crippen LogP contribution in [0.4, 0.5) is 11.4 Å². The van der Waals surface area contributed by atoms with Gasteiger partial charge in [-0.1, -0.05) is 41.6 Å². The first-order valence-corrected chi connectivity index (χ1v) is 17.2. The van der Waals surface area contributed by atoms with Crippen molar-refractivity contribution in [3.05, 3.63) is 96.8 Å². The maximum atomic E-state index is 13.1. The number of methoxy groups -OCH3 is 2. The lowest BCUT2D eigenvalue weighted by molar-refractivity contribution is -0.465. The highest BCUT2D eigenvalue weighted by molar-refractivity contribution is 6.14. The molecule has 1 aromatic heterocycles. The number of benzene rings is 4. The molecule has 2 aliphatic rings. The standard InChI is InChI=1S/C41H41N5O5/c1-46(2)28-15-20-33-35(23-28)50-37-24-34(31-9-5-6-10-32(31)41(37)44-33)42-21-7-8-22-43-38(47)25-36-39(26-11-16-29(48-3)17-12-26)40(45-51-36)27-13-18-30(49-4)19-14-27/h5-6,9-20,24,35H,7-8,21-23,25H2,1-4H3,(H,43,47)/p+1. The Labute approximate surface area is 297 Å². The Morgan fingerprint density at radius 1 is 0.882 bits per heavy atom. The summed E-state index contributed by atoms with van der Waals surface area (Å²) in [4.78, 5) is 18.2. The molecule has 7 rings (SSSR count). The Hall–Kier alpha value is -5.90. The lowest BCUT2D eigenvalue weighted by Gasteiger charge is -2.28. The minimum absolute atomic E-state index is 0.0681. The molecule has 10 nitrogen and oxygen atoms in total. The molecule has 1 amide bonds. The van der Waals surface area contributed by atoms with Crippen LogP contribution in [0.5, 0.6) is 17.2 Å². The molecule has 4 aromatic carbocycles. The van der Waals surface area contributed by atoms with Crippen molar-refractivity contribution in [2.45, 2.75) is 31.8 Å². The van der Waals surface area contributed by atoms with Crippen molar-refractivity contribution in [3.8, 4) is 39.6 Å². The van der Waals surface area contributed by atoms with Gasteiger partial charge < -0.3 is 29.4 Å². The third-order valence-corrected chi connectivity index (χ3v) is 9.30. The van der Waals surface area contributed by atoms with Gasteiger partial charge in [0.15, 0.2) is 17.6 Å². The van der Waals surface area contributed by atoms with Gasteiger partial charge in [-0.2, -0.15) is 0 Å². The predicted octanol–water partition coefficient (Wildman–Crippen LogP) is 7.24. The number of allylic oxidation sites excluding steroid dienone is 1. The molecular formula is C41H42N5O5+. The van der Waals surface area contributed by atoms with Gasteiger partial charge >= 0.3 is 0 Å². The normalized spacial score (nSPS) is 14.6. The summed E-state index contributed by atoms with van der Waals surface area (Å²) < 4.78 is 25.1. The maximum absolute atomic E-state index is 13.1. The first-order chi connectivity index (χ1) is 24.9. The molecule has 5 aromatic rings. The average molecular weight is 685 g/mol. The Bertz CT molecular complexity index is 2140. The zero-order valence-electron chi connectivity index (χ0n) is 29.4. The summed E-state index contributed by atoms with van der Waals surface area (Å²) in [6, 6.07) is 25.6. The number of fused-ring (bicyclic) bond motifs is 4. The van der Waals surface area contributed by atoms with Crippen molar-refractivity contribution >= 4 is 39.5 Å². The molecule has 1 aliphatic carbocycles. The third-order valence-electron chi connectivity index (χ3n) is 9.30. The molecule has 0 radical (unpaired) electrons. The molecule has 1 unspecified atom stereocenters. The van der Waals surface area contributed by atoms with Crippen LogP contribution in [0.25, 0.3) is 33.2 Å². The lowest BCUT2D eigenvalue weighted by atomic mass is 9.97. The van der Waals surface area contributed by atoms with Gasteiger partial charge in [0.2, 0.25) is 5.91 Å². The molecule has 2 heterocycles. The van der Waals surface area contributed by atoms with Crippen molar-refractivity contribution in [1.82, 2.24) is 10.5 Å². The molecule has 0 saturated heterocycles. The minimum Gasteiger partial charge on any atom is -0.497 e. The molecule has 51 heavy (non-hydrogen) atoms. The number of nitrogens with zero attached hydrogens (tertiary/aromatic N) is 3. The largest absolute Gasteiger partial charge is 0.497 e. The van der Waals surface area contributed by atoms with E-state index < -0.39 is 0 Å². The van der Waals surface area contributed by atoms with Gasteiger partial charge in [0.05, 0.1) is 38.3 Å². The van der Waals surface area contributed by atoms with Crippen LogP contribution in [0.3, 0.4) is 0 Å². The summed E-state index contributed by atoms with van der Waals surface area (Å²) in [6.45, 7) is 1.29. The average Bonchev–Trinajstić information content (AvgIpc) is 3.58. The molecule has 0 fully saturated rings. The smallest absolute Gasteiger partial charge is 0.227 e. The van der Waals surface area contributed by atoms with Crippen molar-refractivity contribution in [1.29, 1.82) is 0 Å². The number of aromatic nitrogens is 1. The number of carbonyl (C=O) groups excluding carboxylic acids is 1. The number of anilines is 1. The molecule has 0 bridgehead atoms. The number of rotatable bonds is 12. The first kappa shape index (κ1) is 33.6. The number of carbonyl (C=O) groups is 1. The second-order valence-corrected chi connectivity index (χ2v) is 12.8. The van der Waals surface area contributed by atoms with Crippen LogP contribution < -0.4 is 24.8 Å². The SMILES string of the molecule is COc1ccc(-c2noc(CC(=O)NCCCCNc3cc4c(c5ccccc35)N=C3C=CC(=[N+](C)C)CC3O4)c2-c2ccc(OC)cc2)cc1. The summed E-state index contributed by atoms with van der Waals surface area (Å²) in [5.74, 6) is 2.66. The summed E-state index contributed by atoms with van der Waals surface area (Å²) in [6.07, 6.45) is 6.61. The zero-order chi connectivity index (χ0) is 35.3. The monoisotopic (exact) mass is 684 g/mol. The van der Waals surface area contributed by atoms with E-state index in [1.165, 1.54) is 5.71 Å². The third kappa shape index (κ3) is 7.21. The van der Waals surface area contributed by atoms with E-state index in [1.54, 1.807) is 14.2 Å². The van der Waals surface area contributed by atoms with Crippen LogP contribution in [0.2, 0.25) is 0 Å². The van der Waals surface area contributed by atoms with E-state index in [4.69, 9.17) is 23.7 Å². The number of hydrogen-bond donors (Lipinski definition) is 2. The Balaban J connectivity index is 0.975. The quantitative estimate of drug-likeness (QED) is 0.105. The lowest BCUT2D eigenvalue weighted by Crippen LogP contribution is -2.35. The topological polar surface area (TPSA) is 110 Å². The van der Waals surface area contributed by atoms with E-state index >= 15 is 0 Å². The fraction of sp³-hybridized carbons (Fsp3) is 0.268. The van der Waals surface area contributed by atoms with Gasteiger partial charge in [0.1, 0.15) is 42.7 Å². The van der Waals surface area contributed by atoms with E-state index in [1.807, 2.05) is 60.7 Å². The van der Waals surface area contributed by atoms with Crippen molar-refractivity contribution in [2.24, 2.45) is 4.99 Å². The van der Waals surface area contributed by atoms with Crippen LogP contribution in [0.15, 0.2) is 101 Å². The van der Waals surface area contributed by atoms with Crippen LogP contribution in [0, 0.1) is 0 Å². The molecule has 1 atom stereocenters. The predicted molar refractivity (Wildman–Crippen MR) is 201 cm³/mol. The Kier molecular flexibility index (Phi) is 9.83. The van der Waals surface area contributed by atoms with Gasteiger partial charge in [-0.05, 0) is 60.9 Å². The molecular weight excluding hydrogens is 642 g/mol. The number of unbranched alkanes of at least 4 members (excludes halogenated alkanes) is 1. The minimum atomic E-state index is -0.125.